The van der Waals surface area contributed by atoms with Gasteiger partial charge in [0.2, 0.25) is 5.88 Å². The summed E-state index contributed by atoms with van der Waals surface area (Å²) >= 11 is 0. The van der Waals surface area contributed by atoms with Crippen molar-refractivity contribution in [3.63, 3.8) is 0 Å². The maximum atomic E-state index is 10.8. The molecule has 70 valence electrons. The Morgan fingerprint density at radius 2 is 2.38 bits per heavy atom. The molecule has 1 aromatic heterocycles. The third-order valence-electron chi connectivity index (χ3n) is 1.79. The number of pyridine rings is 1. The van der Waals surface area contributed by atoms with Crippen LogP contribution in [-0.4, -0.2) is 17.9 Å². The number of aromatic nitrogens is 1. The molecule has 0 unspecified atom stereocenters. The van der Waals surface area contributed by atoms with E-state index in [1.54, 1.807) is 20.2 Å². The Kier molecular flexibility index (Phi) is 3.43. The van der Waals surface area contributed by atoms with Crippen molar-refractivity contribution in [1.82, 2.24) is 4.98 Å². The van der Waals surface area contributed by atoms with Gasteiger partial charge in [0.1, 0.15) is 5.78 Å². The molecule has 0 aliphatic carbocycles. The summed E-state index contributed by atoms with van der Waals surface area (Å²) < 4.78 is 5.06. The first-order valence-electron chi connectivity index (χ1n) is 4.21. The first-order valence-corrected chi connectivity index (χ1v) is 4.21. The largest absolute Gasteiger partial charge is 0.481 e. The second-order valence-corrected chi connectivity index (χ2v) is 2.87. The SMILES string of the molecule is COc1ncccc1CCC(C)=O. The molecule has 0 aromatic carbocycles. The molecule has 1 heterocycles. The van der Waals surface area contributed by atoms with Crippen molar-refractivity contribution in [2.45, 2.75) is 19.8 Å². The lowest BCUT2D eigenvalue weighted by atomic mass is 10.1. The highest BCUT2D eigenvalue weighted by Gasteiger charge is 2.03. The fourth-order valence-electron chi connectivity index (χ4n) is 1.11. The lowest BCUT2D eigenvalue weighted by Crippen LogP contribution is -1.98. The normalized spacial score (nSPS) is 9.69. The Balaban J connectivity index is 2.69. The van der Waals surface area contributed by atoms with Crippen LogP contribution >= 0.6 is 0 Å². The van der Waals surface area contributed by atoms with Crippen molar-refractivity contribution in [3.8, 4) is 5.88 Å². The van der Waals surface area contributed by atoms with E-state index >= 15 is 0 Å². The number of Topliss-reactive ketones (excluding diaryl/α,β-unsaturated/α-hetero) is 1. The van der Waals surface area contributed by atoms with Gasteiger partial charge in [-0.15, -0.1) is 0 Å². The molecule has 0 saturated heterocycles. The van der Waals surface area contributed by atoms with E-state index in [0.717, 1.165) is 5.56 Å². The van der Waals surface area contributed by atoms with Gasteiger partial charge in [-0.05, 0) is 19.4 Å². The van der Waals surface area contributed by atoms with Crippen LogP contribution in [0, 0.1) is 0 Å². The van der Waals surface area contributed by atoms with E-state index in [9.17, 15) is 4.79 Å². The number of methoxy groups -OCH3 is 1. The first kappa shape index (κ1) is 9.71. The molecule has 1 aromatic rings. The molecule has 3 nitrogen and oxygen atoms in total. The Hall–Kier alpha value is -1.38. The summed E-state index contributed by atoms with van der Waals surface area (Å²) in [5, 5.41) is 0. The molecule has 0 radical (unpaired) electrons. The summed E-state index contributed by atoms with van der Waals surface area (Å²) in [5.41, 5.74) is 0.986. The minimum Gasteiger partial charge on any atom is -0.481 e. The van der Waals surface area contributed by atoms with Gasteiger partial charge in [0.05, 0.1) is 7.11 Å². The van der Waals surface area contributed by atoms with E-state index in [4.69, 9.17) is 4.74 Å². The molecule has 3 heteroatoms. The van der Waals surface area contributed by atoms with Gasteiger partial charge in [0.15, 0.2) is 0 Å². The molecule has 0 atom stereocenters. The molecule has 0 N–H and O–H groups in total. The van der Waals surface area contributed by atoms with Crippen LogP contribution in [0.5, 0.6) is 5.88 Å². The molecule has 0 fully saturated rings. The predicted molar refractivity (Wildman–Crippen MR) is 49.8 cm³/mol. The van der Waals surface area contributed by atoms with Gasteiger partial charge in [0, 0.05) is 18.2 Å². The zero-order valence-corrected chi connectivity index (χ0v) is 7.91. The summed E-state index contributed by atoms with van der Waals surface area (Å²) in [5.74, 6) is 0.801. The highest BCUT2D eigenvalue weighted by molar-refractivity contribution is 5.75. The number of carbonyl (C=O) groups is 1. The molecular formula is C10H13NO2. The standard InChI is InChI=1S/C10H13NO2/c1-8(12)5-6-9-4-3-7-11-10(9)13-2/h3-4,7H,5-6H2,1-2H3. The number of ketones is 1. The van der Waals surface area contributed by atoms with Crippen molar-refractivity contribution in [2.24, 2.45) is 0 Å². The molecule has 1 rings (SSSR count). The van der Waals surface area contributed by atoms with Crippen LogP contribution in [0.25, 0.3) is 0 Å². The fraction of sp³-hybridized carbons (Fsp3) is 0.400. The summed E-state index contributed by atoms with van der Waals surface area (Å²) in [6.45, 7) is 1.59. The summed E-state index contributed by atoms with van der Waals surface area (Å²) in [7, 11) is 1.58. The van der Waals surface area contributed by atoms with E-state index in [2.05, 4.69) is 4.98 Å². The number of aryl methyl sites for hydroxylation is 1. The highest BCUT2D eigenvalue weighted by atomic mass is 16.5. The van der Waals surface area contributed by atoms with E-state index in [1.807, 2.05) is 12.1 Å². The van der Waals surface area contributed by atoms with Crippen molar-refractivity contribution in [1.29, 1.82) is 0 Å². The average molecular weight is 179 g/mol. The Morgan fingerprint density at radius 1 is 1.62 bits per heavy atom. The monoisotopic (exact) mass is 179 g/mol. The average Bonchev–Trinajstić information content (AvgIpc) is 2.15. The quantitative estimate of drug-likeness (QED) is 0.705. The number of carbonyl (C=O) groups excluding carboxylic acids is 1. The lowest BCUT2D eigenvalue weighted by molar-refractivity contribution is -0.116. The minimum atomic E-state index is 0.186. The van der Waals surface area contributed by atoms with Gasteiger partial charge in [-0.1, -0.05) is 6.07 Å². The Labute approximate surface area is 77.8 Å². The molecule has 0 aliphatic rings. The number of rotatable bonds is 4. The number of ether oxygens (including phenoxy) is 1. The van der Waals surface area contributed by atoms with Crippen LogP contribution in [0.1, 0.15) is 18.9 Å². The predicted octanol–water partition coefficient (Wildman–Crippen LogP) is 1.61. The topological polar surface area (TPSA) is 39.2 Å². The van der Waals surface area contributed by atoms with Gasteiger partial charge >= 0.3 is 0 Å². The molecule has 0 saturated carbocycles. The van der Waals surface area contributed by atoms with Gasteiger partial charge in [0.25, 0.3) is 0 Å². The molecule has 0 spiro atoms. The van der Waals surface area contributed by atoms with Crippen LogP contribution in [0.2, 0.25) is 0 Å². The van der Waals surface area contributed by atoms with E-state index < -0.39 is 0 Å². The lowest BCUT2D eigenvalue weighted by Gasteiger charge is -2.04. The third-order valence-corrected chi connectivity index (χ3v) is 1.79. The van der Waals surface area contributed by atoms with Crippen molar-refractivity contribution < 1.29 is 9.53 Å². The minimum absolute atomic E-state index is 0.186. The van der Waals surface area contributed by atoms with Crippen LogP contribution in [0.4, 0.5) is 0 Å². The van der Waals surface area contributed by atoms with Crippen LogP contribution in [-0.2, 0) is 11.2 Å². The van der Waals surface area contributed by atoms with Gasteiger partial charge in [-0.25, -0.2) is 4.98 Å². The first-order chi connectivity index (χ1) is 6.24. The Bertz CT molecular complexity index is 297. The van der Waals surface area contributed by atoms with E-state index in [-0.39, 0.29) is 5.78 Å². The van der Waals surface area contributed by atoms with E-state index in [1.165, 1.54) is 0 Å². The second kappa shape index (κ2) is 4.60. The van der Waals surface area contributed by atoms with Gasteiger partial charge < -0.3 is 9.53 Å². The number of hydrogen-bond acceptors (Lipinski definition) is 3. The maximum absolute atomic E-state index is 10.8. The summed E-state index contributed by atoms with van der Waals surface area (Å²) in [6, 6.07) is 3.77. The van der Waals surface area contributed by atoms with E-state index in [0.29, 0.717) is 18.7 Å². The number of hydrogen-bond donors (Lipinski definition) is 0. The number of nitrogens with zero attached hydrogens (tertiary/aromatic N) is 1. The summed E-state index contributed by atoms with van der Waals surface area (Å²) in [6.07, 6.45) is 2.92. The second-order valence-electron chi connectivity index (χ2n) is 2.87. The zero-order chi connectivity index (χ0) is 9.68. The Morgan fingerprint density at radius 3 is 3.00 bits per heavy atom. The molecule has 0 amide bonds. The van der Waals surface area contributed by atoms with Crippen LogP contribution in [0.3, 0.4) is 0 Å². The van der Waals surface area contributed by atoms with Crippen molar-refractivity contribution >= 4 is 5.78 Å². The van der Waals surface area contributed by atoms with Crippen molar-refractivity contribution in [2.75, 3.05) is 7.11 Å². The molecular weight excluding hydrogens is 166 g/mol. The molecule has 13 heavy (non-hydrogen) atoms. The summed E-state index contributed by atoms with van der Waals surface area (Å²) in [4.78, 5) is 14.8. The highest BCUT2D eigenvalue weighted by Crippen LogP contribution is 2.15. The van der Waals surface area contributed by atoms with Gasteiger partial charge in [-0.3, -0.25) is 0 Å². The zero-order valence-electron chi connectivity index (χ0n) is 7.91. The maximum Gasteiger partial charge on any atom is 0.216 e. The smallest absolute Gasteiger partial charge is 0.216 e. The third kappa shape index (κ3) is 2.86. The molecule has 0 aliphatic heterocycles. The van der Waals surface area contributed by atoms with Crippen LogP contribution < -0.4 is 4.74 Å². The van der Waals surface area contributed by atoms with Gasteiger partial charge in [-0.2, -0.15) is 0 Å². The van der Waals surface area contributed by atoms with Crippen LogP contribution in [0.15, 0.2) is 18.3 Å². The van der Waals surface area contributed by atoms with Crippen molar-refractivity contribution in [3.05, 3.63) is 23.9 Å². The fourth-order valence-corrected chi connectivity index (χ4v) is 1.11. The molecule has 0 bridgehead atoms.